The first-order chi connectivity index (χ1) is 7.45. The van der Waals surface area contributed by atoms with Gasteiger partial charge in [-0.2, -0.15) is 0 Å². The minimum Gasteiger partial charge on any atom is -0.481 e. The van der Waals surface area contributed by atoms with Gasteiger partial charge in [-0.15, -0.1) is 0 Å². The van der Waals surface area contributed by atoms with Crippen molar-refractivity contribution in [2.24, 2.45) is 0 Å². The van der Waals surface area contributed by atoms with Crippen molar-refractivity contribution in [2.45, 2.75) is 38.0 Å². The standard InChI is InChI=1S/C13H15ClO2/c1-8(2)9-5-10(7-11(14)6-9)13(3-4-13)12(15)16/h5-8H,3-4H2,1-2H3,(H,15,16). The highest BCUT2D eigenvalue weighted by Gasteiger charge is 2.51. The Hall–Kier alpha value is -1.02. The quantitative estimate of drug-likeness (QED) is 0.874. The van der Waals surface area contributed by atoms with Gasteiger partial charge in [0.15, 0.2) is 0 Å². The molecule has 0 bridgehead atoms. The second-order valence-corrected chi connectivity index (χ2v) is 5.25. The first kappa shape index (κ1) is 11.5. The minimum atomic E-state index is -0.732. The molecule has 1 aliphatic rings. The molecule has 1 aliphatic carbocycles. The van der Waals surface area contributed by atoms with Gasteiger partial charge in [-0.3, -0.25) is 4.79 Å². The van der Waals surface area contributed by atoms with E-state index in [2.05, 4.69) is 13.8 Å². The molecule has 2 rings (SSSR count). The van der Waals surface area contributed by atoms with Gasteiger partial charge in [-0.25, -0.2) is 0 Å². The van der Waals surface area contributed by atoms with E-state index < -0.39 is 11.4 Å². The number of rotatable bonds is 3. The molecule has 0 amide bonds. The summed E-state index contributed by atoms with van der Waals surface area (Å²) >= 11 is 6.04. The third kappa shape index (κ3) is 1.82. The lowest BCUT2D eigenvalue weighted by atomic mass is 9.92. The summed E-state index contributed by atoms with van der Waals surface area (Å²) < 4.78 is 0. The van der Waals surface area contributed by atoms with Crippen LogP contribution in [0.15, 0.2) is 18.2 Å². The number of carboxylic acids is 1. The third-order valence-corrected chi connectivity index (χ3v) is 3.52. The molecule has 0 aromatic heterocycles. The molecule has 16 heavy (non-hydrogen) atoms. The first-order valence-corrected chi connectivity index (χ1v) is 5.88. The maximum atomic E-state index is 11.2. The van der Waals surface area contributed by atoms with E-state index in [9.17, 15) is 9.90 Å². The number of hydrogen-bond acceptors (Lipinski definition) is 1. The van der Waals surface area contributed by atoms with Gasteiger partial charge < -0.3 is 5.11 Å². The van der Waals surface area contributed by atoms with Crippen LogP contribution in [0.4, 0.5) is 0 Å². The lowest BCUT2D eigenvalue weighted by Crippen LogP contribution is -2.19. The number of benzene rings is 1. The highest BCUT2D eigenvalue weighted by Crippen LogP contribution is 2.49. The third-order valence-electron chi connectivity index (χ3n) is 3.30. The number of hydrogen-bond donors (Lipinski definition) is 1. The van der Waals surface area contributed by atoms with E-state index in [0.29, 0.717) is 10.9 Å². The molecule has 0 saturated heterocycles. The van der Waals surface area contributed by atoms with E-state index in [0.717, 1.165) is 24.0 Å². The topological polar surface area (TPSA) is 37.3 Å². The first-order valence-electron chi connectivity index (χ1n) is 5.50. The van der Waals surface area contributed by atoms with Gasteiger partial charge in [-0.05, 0) is 42.0 Å². The molecule has 3 heteroatoms. The molecular weight excluding hydrogens is 224 g/mol. The molecule has 1 aromatic rings. The van der Waals surface area contributed by atoms with Crippen LogP contribution < -0.4 is 0 Å². The van der Waals surface area contributed by atoms with Crippen molar-refractivity contribution < 1.29 is 9.90 Å². The van der Waals surface area contributed by atoms with Gasteiger partial charge in [0.05, 0.1) is 5.41 Å². The van der Waals surface area contributed by atoms with Crippen molar-refractivity contribution in [3.05, 3.63) is 34.3 Å². The van der Waals surface area contributed by atoms with Gasteiger partial charge in [0.1, 0.15) is 0 Å². The van der Waals surface area contributed by atoms with Crippen LogP contribution in [-0.4, -0.2) is 11.1 Å². The largest absolute Gasteiger partial charge is 0.481 e. The predicted octanol–water partition coefficient (Wildman–Crippen LogP) is 3.58. The van der Waals surface area contributed by atoms with Crippen LogP contribution in [0.25, 0.3) is 0 Å². The zero-order valence-corrected chi connectivity index (χ0v) is 10.2. The second-order valence-electron chi connectivity index (χ2n) is 4.82. The molecule has 0 unspecified atom stereocenters. The summed E-state index contributed by atoms with van der Waals surface area (Å²) in [5.74, 6) is -0.369. The molecule has 0 atom stereocenters. The molecule has 1 fully saturated rings. The van der Waals surface area contributed by atoms with Gasteiger partial charge in [-0.1, -0.05) is 31.5 Å². The monoisotopic (exact) mass is 238 g/mol. The number of aliphatic carboxylic acids is 1. The van der Waals surface area contributed by atoms with Gasteiger partial charge >= 0.3 is 5.97 Å². The molecule has 0 aliphatic heterocycles. The molecule has 1 saturated carbocycles. The lowest BCUT2D eigenvalue weighted by molar-refractivity contribution is -0.140. The summed E-state index contributed by atoms with van der Waals surface area (Å²) in [5.41, 5.74) is 1.31. The lowest BCUT2D eigenvalue weighted by Gasteiger charge is -2.14. The fraction of sp³-hybridized carbons (Fsp3) is 0.462. The molecule has 2 nitrogen and oxygen atoms in total. The number of halogens is 1. The Kier molecular flexibility index (Phi) is 2.70. The molecular formula is C13H15ClO2. The van der Waals surface area contributed by atoms with Crippen LogP contribution in [0.1, 0.15) is 43.7 Å². The summed E-state index contributed by atoms with van der Waals surface area (Å²) in [6, 6.07) is 5.68. The van der Waals surface area contributed by atoms with Gasteiger partial charge in [0.25, 0.3) is 0 Å². The maximum absolute atomic E-state index is 11.2. The van der Waals surface area contributed by atoms with Crippen molar-refractivity contribution in [1.29, 1.82) is 0 Å². The maximum Gasteiger partial charge on any atom is 0.314 e. The summed E-state index contributed by atoms with van der Waals surface area (Å²) in [6.07, 6.45) is 1.44. The Morgan fingerprint density at radius 1 is 1.38 bits per heavy atom. The predicted molar refractivity (Wildman–Crippen MR) is 64.1 cm³/mol. The summed E-state index contributed by atoms with van der Waals surface area (Å²) in [7, 11) is 0. The average molecular weight is 239 g/mol. The van der Waals surface area contributed by atoms with Crippen LogP contribution in [-0.2, 0) is 10.2 Å². The number of carboxylic acid groups (broad SMARTS) is 1. The summed E-state index contributed by atoms with van der Waals surface area (Å²) in [6.45, 7) is 4.16. The highest BCUT2D eigenvalue weighted by atomic mass is 35.5. The Morgan fingerprint density at radius 3 is 2.44 bits per heavy atom. The highest BCUT2D eigenvalue weighted by molar-refractivity contribution is 6.30. The summed E-state index contributed by atoms with van der Waals surface area (Å²) in [5, 5.41) is 9.87. The van der Waals surface area contributed by atoms with Crippen molar-refractivity contribution in [1.82, 2.24) is 0 Å². The minimum absolute atomic E-state index is 0.363. The zero-order chi connectivity index (χ0) is 11.9. The van der Waals surface area contributed by atoms with Gasteiger partial charge in [0, 0.05) is 5.02 Å². The van der Waals surface area contributed by atoms with Crippen molar-refractivity contribution in [2.75, 3.05) is 0 Å². The normalized spacial score (nSPS) is 17.5. The number of carbonyl (C=O) groups is 1. The molecule has 0 heterocycles. The van der Waals surface area contributed by atoms with Crippen molar-refractivity contribution >= 4 is 17.6 Å². The van der Waals surface area contributed by atoms with Crippen LogP contribution in [0, 0.1) is 0 Å². The van der Waals surface area contributed by atoms with E-state index >= 15 is 0 Å². The van der Waals surface area contributed by atoms with E-state index in [1.165, 1.54) is 0 Å². The Morgan fingerprint density at radius 2 is 2.00 bits per heavy atom. The van der Waals surface area contributed by atoms with E-state index in [-0.39, 0.29) is 0 Å². The van der Waals surface area contributed by atoms with E-state index in [1.807, 2.05) is 12.1 Å². The Balaban J connectivity index is 2.46. The van der Waals surface area contributed by atoms with E-state index in [1.54, 1.807) is 6.07 Å². The van der Waals surface area contributed by atoms with Crippen LogP contribution >= 0.6 is 11.6 Å². The van der Waals surface area contributed by atoms with Crippen LogP contribution in [0.5, 0.6) is 0 Å². The van der Waals surface area contributed by atoms with Crippen molar-refractivity contribution in [3.63, 3.8) is 0 Å². The average Bonchev–Trinajstić information content (AvgIpc) is 2.97. The summed E-state index contributed by atoms with van der Waals surface area (Å²) in [4.78, 5) is 11.2. The fourth-order valence-electron chi connectivity index (χ4n) is 1.97. The van der Waals surface area contributed by atoms with Crippen molar-refractivity contribution in [3.8, 4) is 0 Å². The molecule has 0 radical (unpaired) electrons. The smallest absolute Gasteiger partial charge is 0.314 e. The molecule has 0 spiro atoms. The molecule has 1 aromatic carbocycles. The molecule has 86 valence electrons. The zero-order valence-electron chi connectivity index (χ0n) is 9.46. The van der Waals surface area contributed by atoms with Crippen LogP contribution in [0.2, 0.25) is 5.02 Å². The Labute approximate surface area is 100 Å². The second kappa shape index (κ2) is 3.77. The molecule has 1 N–H and O–H groups in total. The Bertz CT molecular complexity index is 434. The van der Waals surface area contributed by atoms with Crippen LogP contribution in [0.3, 0.4) is 0 Å². The SMILES string of the molecule is CC(C)c1cc(Cl)cc(C2(C(=O)O)CC2)c1. The van der Waals surface area contributed by atoms with Gasteiger partial charge in [0.2, 0.25) is 0 Å². The van der Waals surface area contributed by atoms with E-state index in [4.69, 9.17) is 11.6 Å². The fourth-order valence-corrected chi connectivity index (χ4v) is 2.22.